The molecule has 1 rings (SSSR count). The number of aliphatic hydroxyl groups excluding tert-OH is 1. The molecule has 1 atom stereocenters. The molecule has 3 nitrogen and oxygen atoms in total. The fraction of sp³-hybridized carbons (Fsp3) is 0.125. The summed E-state index contributed by atoms with van der Waals surface area (Å²) >= 11 is 11.4. The molecule has 0 aliphatic heterocycles. The lowest BCUT2D eigenvalue weighted by Gasteiger charge is -2.10. The van der Waals surface area contributed by atoms with Crippen LogP contribution in [0.4, 0.5) is 0 Å². The average molecular weight is 219 g/mol. The van der Waals surface area contributed by atoms with E-state index >= 15 is 0 Å². The van der Waals surface area contributed by atoms with Gasteiger partial charge in [-0.1, -0.05) is 29.3 Å². The zero-order valence-corrected chi connectivity index (χ0v) is 8.10. The SMILES string of the molecule is N=C(N)[C@@H](O)c1ccc(Cl)cc1Cl. The van der Waals surface area contributed by atoms with Crippen molar-refractivity contribution in [3.05, 3.63) is 33.8 Å². The maximum atomic E-state index is 9.39. The summed E-state index contributed by atoms with van der Waals surface area (Å²) in [6, 6.07) is 4.61. The van der Waals surface area contributed by atoms with Gasteiger partial charge in [0.2, 0.25) is 0 Å². The van der Waals surface area contributed by atoms with Crippen LogP contribution in [0.15, 0.2) is 18.2 Å². The predicted molar refractivity (Wildman–Crippen MR) is 53.3 cm³/mol. The highest BCUT2D eigenvalue weighted by molar-refractivity contribution is 6.35. The number of nitrogens with two attached hydrogens (primary N) is 1. The fourth-order valence-corrected chi connectivity index (χ4v) is 1.40. The van der Waals surface area contributed by atoms with Crippen molar-refractivity contribution >= 4 is 29.0 Å². The van der Waals surface area contributed by atoms with Crippen molar-refractivity contribution in [3.8, 4) is 0 Å². The molecule has 0 radical (unpaired) electrons. The minimum Gasteiger partial charge on any atom is -0.385 e. The lowest BCUT2D eigenvalue weighted by molar-refractivity contribution is 0.245. The highest BCUT2D eigenvalue weighted by atomic mass is 35.5. The Balaban J connectivity index is 3.08. The Labute approximate surface area is 85.6 Å². The maximum absolute atomic E-state index is 9.39. The molecule has 13 heavy (non-hydrogen) atoms. The highest BCUT2D eigenvalue weighted by Crippen LogP contribution is 2.25. The Bertz CT molecular complexity index is 341. The molecule has 0 unspecified atom stereocenters. The fourth-order valence-electron chi connectivity index (χ4n) is 0.891. The third kappa shape index (κ3) is 2.34. The molecule has 0 saturated heterocycles. The molecule has 1 aromatic carbocycles. The predicted octanol–water partition coefficient (Wildman–Crippen LogP) is 1.96. The first-order chi connectivity index (χ1) is 6.02. The van der Waals surface area contributed by atoms with Gasteiger partial charge in [-0.2, -0.15) is 0 Å². The zero-order chi connectivity index (χ0) is 10.0. The Morgan fingerprint density at radius 1 is 1.46 bits per heavy atom. The lowest BCUT2D eigenvalue weighted by Crippen LogP contribution is -2.20. The van der Waals surface area contributed by atoms with Gasteiger partial charge >= 0.3 is 0 Å². The first-order valence-electron chi connectivity index (χ1n) is 3.49. The van der Waals surface area contributed by atoms with E-state index in [1.165, 1.54) is 12.1 Å². The summed E-state index contributed by atoms with van der Waals surface area (Å²) < 4.78 is 0. The van der Waals surface area contributed by atoms with Crippen molar-refractivity contribution in [2.75, 3.05) is 0 Å². The standard InChI is InChI=1S/C8H8Cl2N2O/c9-4-1-2-5(6(10)3-4)7(13)8(11)12/h1-3,7,13H,(H3,11,12)/t7-/m0/s1. The van der Waals surface area contributed by atoms with Gasteiger partial charge in [0.15, 0.2) is 0 Å². The van der Waals surface area contributed by atoms with Crippen LogP contribution in [0.1, 0.15) is 11.7 Å². The second-order valence-electron chi connectivity index (χ2n) is 2.52. The van der Waals surface area contributed by atoms with Gasteiger partial charge in [-0.3, -0.25) is 5.41 Å². The summed E-state index contributed by atoms with van der Waals surface area (Å²) in [4.78, 5) is 0. The van der Waals surface area contributed by atoms with Gasteiger partial charge < -0.3 is 10.8 Å². The first-order valence-corrected chi connectivity index (χ1v) is 4.25. The van der Waals surface area contributed by atoms with Gasteiger partial charge in [-0.25, -0.2) is 0 Å². The van der Waals surface area contributed by atoms with Gasteiger partial charge in [0.05, 0.1) is 0 Å². The second-order valence-corrected chi connectivity index (χ2v) is 3.37. The van der Waals surface area contributed by atoms with Crippen LogP contribution in [-0.4, -0.2) is 10.9 Å². The van der Waals surface area contributed by atoms with Crippen molar-refractivity contribution in [1.29, 1.82) is 5.41 Å². The molecule has 0 fully saturated rings. The van der Waals surface area contributed by atoms with Gasteiger partial charge in [0, 0.05) is 15.6 Å². The van der Waals surface area contributed by atoms with Crippen LogP contribution in [0, 0.1) is 5.41 Å². The molecule has 0 aromatic heterocycles. The van der Waals surface area contributed by atoms with E-state index in [4.69, 9.17) is 34.3 Å². The van der Waals surface area contributed by atoms with E-state index in [0.717, 1.165) is 0 Å². The number of hydrogen-bond donors (Lipinski definition) is 3. The van der Waals surface area contributed by atoms with E-state index < -0.39 is 6.10 Å². The second kappa shape index (κ2) is 3.96. The van der Waals surface area contributed by atoms with Crippen molar-refractivity contribution in [3.63, 3.8) is 0 Å². The Morgan fingerprint density at radius 2 is 2.08 bits per heavy atom. The van der Waals surface area contributed by atoms with E-state index in [1.807, 2.05) is 0 Å². The molecule has 1 aromatic rings. The number of rotatable bonds is 2. The van der Waals surface area contributed by atoms with Crippen LogP contribution >= 0.6 is 23.2 Å². The van der Waals surface area contributed by atoms with Crippen molar-refractivity contribution in [1.82, 2.24) is 0 Å². The Morgan fingerprint density at radius 3 is 2.54 bits per heavy atom. The van der Waals surface area contributed by atoms with Crippen LogP contribution in [0.3, 0.4) is 0 Å². The molecule has 0 bridgehead atoms. The molecule has 0 aliphatic rings. The average Bonchev–Trinajstić information content (AvgIpc) is 2.03. The van der Waals surface area contributed by atoms with Crippen molar-refractivity contribution in [2.45, 2.75) is 6.10 Å². The monoisotopic (exact) mass is 218 g/mol. The molecular formula is C8H8Cl2N2O. The Hall–Kier alpha value is -0.770. The van der Waals surface area contributed by atoms with E-state index in [-0.39, 0.29) is 5.84 Å². The number of nitrogens with one attached hydrogen (secondary N) is 1. The molecule has 0 heterocycles. The summed E-state index contributed by atoms with van der Waals surface area (Å²) in [7, 11) is 0. The van der Waals surface area contributed by atoms with Crippen LogP contribution in [0.2, 0.25) is 10.0 Å². The van der Waals surface area contributed by atoms with Crippen LogP contribution in [0.25, 0.3) is 0 Å². The van der Waals surface area contributed by atoms with Gasteiger partial charge in [0.1, 0.15) is 11.9 Å². The number of halogens is 2. The normalized spacial score (nSPS) is 12.5. The number of hydrogen-bond acceptors (Lipinski definition) is 2. The zero-order valence-electron chi connectivity index (χ0n) is 6.59. The van der Waals surface area contributed by atoms with Crippen LogP contribution in [-0.2, 0) is 0 Å². The Kier molecular flexibility index (Phi) is 3.14. The minimum absolute atomic E-state index is 0.301. The van der Waals surface area contributed by atoms with Crippen LogP contribution < -0.4 is 5.73 Å². The summed E-state index contributed by atoms with van der Waals surface area (Å²) in [5.74, 6) is -0.343. The molecule has 0 amide bonds. The van der Waals surface area contributed by atoms with E-state index in [9.17, 15) is 5.11 Å². The van der Waals surface area contributed by atoms with Gasteiger partial charge in [-0.15, -0.1) is 0 Å². The summed E-state index contributed by atoms with van der Waals surface area (Å²) in [5, 5.41) is 17.2. The largest absolute Gasteiger partial charge is 0.385 e. The highest BCUT2D eigenvalue weighted by Gasteiger charge is 2.13. The number of benzene rings is 1. The topological polar surface area (TPSA) is 70.1 Å². The third-order valence-corrected chi connectivity index (χ3v) is 2.11. The van der Waals surface area contributed by atoms with Crippen LogP contribution in [0.5, 0.6) is 0 Å². The molecule has 0 aliphatic carbocycles. The number of aliphatic hydroxyl groups is 1. The van der Waals surface area contributed by atoms with E-state index in [2.05, 4.69) is 0 Å². The molecule has 5 heteroatoms. The van der Waals surface area contributed by atoms with E-state index in [0.29, 0.717) is 15.6 Å². The number of amidine groups is 1. The molecule has 0 spiro atoms. The smallest absolute Gasteiger partial charge is 0.137 e. The third-order valence-electron chi connectivity index (χ3n) is 1.55. The molecule has 0 saturated carbocycles. The van der Waals surface area contributed by atoms with E-state index in [1.54, 1.807) is 6.07 Å². The van der Waals surface area contributed by atoms with Gasteiger partial charge in [-0.05, 0) is 12.1 Å². The molecule has 4 N–H and O–H groups in total. The summed E-state index contributed by atoms with van der Waals surface area (Å²) in [5.41, 5.74) is 5.50. The molecular weight excluding hydrogens is 211 g/mol. The summed E-state index contributed by atoms with van der Waals surface area (Å²) in [6.45, 7) is 0. The first kappa shape index (κ1) is 10.3. The van der Waals surface area contributed by atoms with Crippen molar-refractivity contribution < 1.29 is 5.11 Å². The molecule has 70 valence electrons. The minimum atomic E-state index is -1.16. The van der Waals surface area contributed by atoms with Gasteiger partial charge in [0.25, 0.3) is 0 Å². The summed E-state index contributed by atoms with van der Waals surface area (Å²) in [6.07, 6.45) is -1.16. The quantitative estimate of drug-likeness (QED) is 0.525. The van der Waals surface area contributed by atoms with Crippen molar-refractivity contribution in [2.24, 2.45) is 5.73 Å². The maximum Gasteiger partial charge on any atom is 0.137 e. The lowest BCUT2D eigenvalue weighted by atomic mass is 10.1.